The standard InChI is InChI=1S/C22H21F3N4O4/c1-2-29-16-11-28(12-17(30)26-10-13-6-5-9-33-13)20(31)18(16)19(27-21(29)32)14-7-3-4-8-15(14)22(23,24)25/h3-9,19H,2,10-12H2,1H3,(H,26,30)(H,27,32). The Hall–Kier alpha value is -3.76. The van der Waals surface area contributed by atoms with Gasteiger partial charge in [0.05, 0.1) is 42.2 Å². The lowest BCUT2D eigenvalue weighted by molar-refractivity contribution is -0.138. The third kappa shape index (κ3) is 4.30. The van der Waals surface area contributed by atoms with E-state index in [1.54, 1.807) is 19.1 Å². The molecule has 1 aromatic carbocycles. The molecule has 1 unspecified atom stereocenters. The third-order valence-electron chi connectivity index (χ3n) is 5.56. The van der Waals surface area contributed by atoms with Gasteiger partial charge < -0.3 is 20.0 Å². The second kappa shape index (κ2) is 8.64. The third-order valence-corrected chi connectivity index (χ3v) is 5.56. The highest BCUT2D eigenvalue weighted by Crippen LogP contribution is 2.41. The van der Waals surface area contributed by atoms with Crippen molar-refractivity contribution in [2.75, 3.05) is 19.6 Å². The van der Waals surface area contributed by atoms with Crippen LogP contribution in [0.3, 0.4) is 0 Å². The maximum atomic E-state index is 13.6. The summed E-state index contributed by atoms with van der Waals surface area (Å²) in [5.74, 6) is -0.531. The number of carbonyl (C=O) groups is 3. The maximum Gasteiger partial charge on any atom is 0.416 e. The molecule has 11 heteroatoms. The van der Waals surface area contributed by atoms with Gasteiger partial charge in [-0.2, -0.15) is 13.2 Å². The van der Waals surface area contributed by atoms with Crippen LogP contribution >= 0.6 is 0 Å². The predicted octanol–water partition coefficient (Wildman–Crippen LogP) is 2.80. The monoisotopic (exact) mass is 462 g/mol. The summed E-state index contributed by atoms with van der Waals surface area (Å²) in [4.78, 5) is 40.8. The van der Waals surface area contributed by atoms with Crippen molar-refractivity contribution in [3.05, 3.63) is 70.8 Å². The van der Waals surface area contributed by atoms with E-state index in [1.165, 1.54) is 34.3 Å². The zero-order valence-electron chi connectivity index (χ0n) is 17.6. The van der Waals surface area contributed by atoms with Gasteiger partial charge in [-0.15, -0.1) is 0 Å². The zero-order valence-corrected chi connectivity index (χ0v) is 17.6. The van der Waals surface area contributed by atoms with E-state index >= 15 is 0 Å². The fraction of sp³-hybridized carbons (Fsp3) is 0.318. The van der Waals surface area contributed by atoms with Gasteiger partial charge in [0.2, 0.25) is 5.91 Å². The van der Waals surface area contributed by atoms with Gasteiger partial charge in [0.1, 0.15) is 12.3 Å². The summed E-state index contributed by atoms with van der Waals surface area (Å²) in [6.07, 6.45) is -3.21. The molecule has 4 rings (SSSR count). The Bertz CT molecular complexity index is 1110. The Kier molecular flexibility index (Phi) is 5.88. The van der Waals surface area contributed by atoms with Crippen LogP contribution in [-0.2, 0) is 22.3 Å². The van der Waals surface area contributed by atoms with Gasteiger partial charge in [-0.25, -0.2) is 4.79 Å². The van der Waals surface area contributed by atoms with Gasteiger partial charge in [-0.3, -0.25) is 14.5 Å². The smallest absolute Gasteiger partial charge is 0.416 e. The molecular weight excluding hydrogens is 441 g/mol. The number of amides is 4. The van der Waals surface area contributed by atoms with Crippen molar-refractivity contribution >= 4 is 17.8 Å². The van der Waals surface area contributed by atoms with Crippen LogP contribution < -0.4 is 10.6 Å². The molecule has 174 valence electrons. The number of benzene rings is 1. The highest BCUT2D eigenvalue weighted by Gasteiger charge is 2.46. The molecule has 1 atom stereocenters. The van der Waals surface area contributed by atoms with E-state index in [-0.39, 0.29) is 37.3 Å². The predicted molar refractivity (Wildman–Crippen MR) is 109 cm³/mol. The summed E-state index contributed by atoms with van der Waals surface area (Å²) in [6.45, 7) is 1.66. The summed E-state index contributed by atoms with van der Waals surface area (Å²) in [5, 5.41) is 5.16. The first-order valence-electron chi connectivity index (χ1n) is 10.3. The van der Waals surface area contributed by atoms with Gasteiger partial charge in [-0.05, 0) is 30.7 Å². The van der Waals surface area contributed by atoms with Crippen molar-refractivity contribution in [1.82, 2.24) is 20.4 Å². The van der Waals surface area contributed by atoms with Gasteiger partial charge in [-0.1, -0.05) is 18.2 Å². The van der Waals surface area contributed by atoms with Crippen LogP contribution in [0.5, 0.6) is 0 Å². The first-order valence-corrected chi connectivity index (χ1v) is 10.3. The van der Waals surface area contributed by atoms with Crippen LogP contribution in [0.2, 0.25) is 0 Å². The molecule has 1 aromatic heterocycles. The van der Waals surface area contributed by atoms with Crippen molar-refractivity contribution in [3.8, 4) is 0 Å². The highest BCUT2D eigenvalue weighted by atomic mass is 19.4. The first-order chi connectivity index (χ1) is 15.7. The van der Waals surface area contributed by atoms with Crippen LogP contribution in [0.25, 0.3) is 0 Å². The van der Waals surface area contributed by atoms with Gasteiger partial charge >= 0.3 is 12.2 Å². The Morgan fingerprint density at radius 3 is 2.64 bits per heavy atom. The highest BCUT2D eigenvalue weighted by molar-refractivity contribution is 6.03. The van der Waals surface area contributed by atoms with E-state index in [2.05, 4.69) is 10.6 Å². The van der Waals surface area contributed by atoms with Crippen LogP contribution in [-0.4, -0.2) is 47.3 Å². The average Bonchev–Trinajstić information content (AvgIpc) is 3.40. The lowest BCUT2D eigenvalue weighted by atomic mass is 9.91. The molecule has 4 amide bonds. The first kappa shape index (κ1) is 22.4. The Morgan fingerprint density at radius 2 is 1.97 bits per heavy atom. The van der Waals surface area contributed by atoms with Crippen molar-refractivity contribution in [2.24, 2.45) is 0 Å². The lowest BCUT2D eigenvalue weighted by Crippen LogP contribution is -2.47. The van der Waals surface area contributed by atoms with E-state index < -0.39 is 35.6 Å². The fourth-order valence-corrected chi connectivity index (χ4v) is 4.08. The quantitative estimate of drug-likeness (QED) is 0.690. The Labute approximate surface area is 187 Å². The topological polar surface area (TPSA) is 94.9 Å². The molecule has 3 heterocycles. The van der Waals surface area contributed by atoms with Crippen molar-refractivity contribution < 1.29 is 32.0 Å². The number of alkyl halides is 3. The van der Waals surface area contributed by atoms with E-state index in [1.807, 2.05) is 0 Å². The zero-order chi connectivity index (χ0) is 23.8. The summed E-state index contributed by atoms with van der Waals surface area (Å²) >= 11 is 0. The van der Waals surface area contributed by atoms with Gasteiger partial charge in [0.15, 0.2) is 0 Å². The number of hydrogen-bond donors (Lipinski definition) is 2. The second-order valence-electron chi connectivity index (χ2n) is 7.59. The minimum Gasteiger partial charge on any atom is -0.467 e. The van der Waals surface area contributed by atoms with Crippen molar-refractivity contribution in [1.29, 1.82) is 0 Å². The fourth-order valence-electron chi connectivity index (χ4n) is 4.08. The Balaban J connectivity index is 1.61. The number of carbonyl (C=O) groups excluding carboxylic acids is 3. The molecule has 0 aliphatic carbocycles. The number of nitrogens with one attached hydrogen (secondary N) is 2. The molecule has 0 radical (unpaired) electrons. The van der Waals surface area contributed by atoms with E-state index in [4.69, 9.17) is 4.42 Å². The molecule has 2 N–H and O–H groups in total. The molecule has 2 aliphatic rings. The number of halogens is 3. The summed E-state index contributed by atoms with van der Waals surface area (Å²) in [6, 6.07) is 6.29. The van der Waals surface area contributed by atoms with Gasteiger partial charge in [0, 0.05) is 6.54 Å². The molecule has 0 saturated carbocycles. The number of likely N-dealkylation sites (N-methyl/N-ethyl adjacent to an activating group) is 1. The number of nitrogens with zero attached hydrogens (tertiary/aromatic N) is 2. The lowest BCUT2D eigenvalue weighted by Gasteiger charge is -2.33. The largest absolute Gasteiger partial charge is 0.467 e. The van der Waals surface area contributed by atoms with E-state index in [0.29, 0.717) is 11.5 Å². The van der Waals surface area contributed by atoms with Gasteiger partial charge in [0.25, 0.3) is 5.91 Å². The maximum absolute atomic E-state index is 13.6. The second-order valence-corrected chi connectivity index (χ2v) is 7.59. The molecule has 0 fully saturated rings. The number of rotatable bonds is 6. The number of furan rings is 1. The van der Waals surface area contributed by atoms with Crippen LogP contribution in [0.15, 0.2) is 58.3 Å². The van der Waals surface area contributed by atoms with Crippen molar-refractivity contribution in [3.63, 3.8) is 0 Å². The van der Waals surface area contributed by atoms with E-state index in [9.17, 15) is 27.6 Å². The van der Waals surface area contributed by atoms with Crippen LogP contribution in [0, 0.1) is 0 Å². The van der Waals surface area contributed by atoms with Crippen molar-refractivity contribution in [2.45, 2.75) is 25.7 Å². The van der Waals surface area contributed by atoms with Crippen LogP contribution in [0.1, 0.15) is 29.9 Å². The minimum absolute atomic E-state index is 0.0342. The molecule has 33 heavy (non-hydrogen) atoms. The minimum atomic E-state index is -4.67. The number of urea groups is 1. The Morgan fingerprint density at radius 1 is 1.21 bits per heavy atom. The number of hydrogen-bond acceptors (Lipinski definition) is 4. The summed E-state index contributed by atoms with van der Waals surface area (Å²) < 4.78 is 46.1. The molecule has 0 saturated heterocycles. The molecule has 8 nitrogen and oxygen atoms in total. The summed E-state index contributed by atoms with van der Waals surface area (Å²) in [7, 11) is 0. The molecule has 2 aliphatic heterocycles. The molecule has 0 bridgehead atoms. The molecular formula is C22H21F3N4O4. The average molecular weight is 462 g/mol. The molecule has 2 aromatic rings. The van der Waals surface area contributed by atoms with E-state index in [0.717, 1.165) is 6.07 Å². The molecule has 0 spiro atoms. The normalized spacial score (nSPS) is 18.5. The summed E-state index contributed by atoms with van der Waals surface area (Å²) in [5.41, 5.74) is -0.826. The SMILES string of the molecule is CCN1C(=O)NC(c2ccccc2C(F)(F)F)C2=C1CN(CC(=O)NCc1ccco1)C2=O. The van der Waals surface area contributed by atoms with Crippen LogP contribution in [0.4, 0.5) is 18.0 Å².